The van der Waals surface area contributed by atoms with Gasteiger partial charge in [0.15, 0.2) is 5.78 Å². The number of hydrogen-bond donors (Lipinski definition) is 0. The first-order valence-corrected chi connectivity index (χ1v) is 6.16. The summed E-state index contributed by atoms with van der Waals surface area (Å²) >= 11 is 0. The third-order valence-electron chi connectivity index (χ3n) is 3.22. The predicted molar refractivity (Wildman–Crippen MR) is 72.8 cm³/mol. The van der Waals surface area contributed by atoms with Crippen molar-refractivity contribution in [1.29, 1.82) is 0 Å². The average Bonchev–Trinajstić information content (AvgIpc) is 2.40. The molecule has 0 saturated carbocycles. The Morgan fingerprint density at radius 2 is 1.78 bits per heavy atom. The number of carbonyl (C=O) groups is 1. The van der Waals surface area contributed by atoms with E-state index in [-0.39, 0.29) is 5.78 Å². The van der Waals surface area contributed by atoms with Crippen LogP contribution in [0.5, 0.6) is 0 Å². The van der Waals surface area contributed by atoms with Crippen LogP contribution in [0.4, 0.5) is 0 Å². The van der Waals surface area contributed by atoms with Crippen molar-refractivity contribution in [3.05, 3.63) is 65.0 Å². The van der Waals surface area contributed by atoms with Gasteiger partial charge in [-0.15, -0.1) is 0 Å². The quantitative estimate of drug-likeness (QED) is 0.764. The van der Waals surface area contributed by atoms with Gasteiger partial charge in [0.2, 0.25) is 0 Å². The molecule has 2 nitrogen and oxygen atoms in total. The molecule has 92 valence electrons. The van der Waals surface area contributed by atoms with E-state index >= 15 is 0 Å². The lowest BCUT2D eigenvalue weighted by molar-refractivity contribution is 0.0982. The first kappa shape index (κ1) is 12.5. The van der Waals surface area contributed by atoms with Crippen LogP contribution >= 0.6 is 0 Å². The monoisotopic (exact) mass is 239 g/mol. The average molecular weight is 239 g/mol. The Morgan fingerprint density at radius 3 is 2.44 bits per heavy atom. The van der Waals surface area contributed by atoms with Gasteiger partial charge >= 0.3 is 0 Å². The summed E-state index contributed by atoms with van der Waals surface area (Å²) in [5, 5.41) is 0. The zero-order chi connectivity index (χ0) is 13.0. The number of nitrogens with zero attached hydrogens (tertiary/aromatic N) is 1. The molecule has 2 aromatic rings. The molecule has 0 aliphatic rings. The minimum Gasteiger partial charge on any atom is -0.294 e. The molecule has 2 rings (SSSR count). The number of pyridine rings is 1. The Balaban J connectivity index is 2.02. The Hall–Kier alpha value is -1.96. The van der Waals surface area contributed by atoms with Crippen LogP contribution in [-0.2, 0) is 6.42 Å². The standard InChI is InChI=1S/C16H17NO/c1-12-3-5-15(11-13(12)2)16(18)6-4-14-7-9-17-10-8-14/h3,5,7-11H,4,6H2,1-2H3. The maximum absolute atomic E-state index is 12.1. The van der Waals surface area contributed by atoms with Crippen LogP contribution in [-0.4, -0.2) is 10.8 Å². The lowest BCUT2D eigenvalue weighted by atomic mass is 10.00. The highest BCUT2D eigenvalue weighted by molar-refractivity contribution is 5.96. The van der Waals surface area contributed by atoms with Crippen LogP contribution in [0.25, 0.3) is 0 Å². The number of rotatable bonds is 4. The molecular weight excluding hydrogens is 222 g/mol. The minimum absolute atomic E-state index is 0.204. The highest BCUT2D eigenvalue weighted by Gasteiger charge is 2.07. The first-order valence-electron chi connectivity index (χ1n) is 6.16. The normalized spacial score (nSPS) is 10.3. The van der Waals surface area contributed by atoms with E-state index in [1.807, 2.05) is 37.3 Å². The molecule has 1 aromatic heterocycles. The molecule has 0 radical (unpaired) electrons. The van der Waals surface area contributed by atoms with Crippen molar-refractivity contribution < 1.29 is 4.79 Å². The molecule has 0 aliphatic carbocycles. The predicted octanol–water partition coefficient (Wildman–Crippen LogP) is 3.51. The molecule has 1 aromatic carbocycles. The summed E-state index contributed by atoms with van der Waals surface area (Å²) in [6.07, 6.45) is 4.84. The van der Waals surface area contributed by atoms with Gasteiger partial charge in [-0.1, -0.05) is 12.1 Å². The molecule has 0 saturated heterocycles. The number of Topliss-reactive ketones (excluding diaryl/α,β-unsaturated/α-hetero) is 1. The van der Waals surface area contributed by atoms with Gasteiger partial charge in [-0.2, -0.15) is 0 Å². The fourth-order valence-electron chi connectivity index (χ4n) is 1.87. The summed E-state index contributed by atoms with van der Waals surface area (Å²) < 4.78 is 0. The van der Waals surface area contributed by atoms with E-state index in [1.165, 1.54) is 11.1 Å². The van der Waals surface area contributed by atoms with Gasteiger partial charge in [-0.25, -0.2) is 0 Å². The van der Waals surface area contributed by atoms with E-state index in [4.69, 9.17) is 0 Å². The van der Waals surface area contributed by atoms with E-state index in [2.05, 4.69) is 11.9 Å². The summed E-state index contributed by atoms with van der Waals surface area (Å²) in [5.41, 5.74) is 4.36. The van der Waals surface area contributed by atoms with Crippen LogP contribution < -0.4 is 0 Å². The second-order valence-corrected chi connectivity index (χ2v) is 4.58. The molecule has 18 heavy (non-hydrogen) atoms. The molecule has 0 N–H and O–H groups in total. The van der Waals surface area contributed by atoms with Crippen molar-refractivity contribution >= 4 is 5.78 Å². The first-order chi connectivity index (χ1) is 8.66. The van der Waals surface area contributed by atoms with Gasteiger partial charge in [0.1, 0.15) is 0 Å². The molecule has 0 amide bonds. The van der Waals surface area contributed by atoms with Gasteiger partial charge in [0, 0.05) is 24.4 Å². The zero-order valence-electron chi connectivity index (χ0n) is 10.8. The number of ketones is 1. The van der Waals surface area contributed by atoms with Crippen molar-refractivity contribution in [2.24, 2.45) is 0 Å². The fourth-order valence-corrected chi connectivity index (χ4v) is 1.87. The lowest BCUT2D eigenvalue weighted by Gasteiger charge is -2.05. The third-order valence-corrected chi connectivity index (χ3v) is 3.22. The van der Waals surface area contributed by atoms with Crippen molar-refractivity contribution in [3.63, 3.8) is 0 Å². The number of aromatic nitrogens is 1. The van der Waals surface area contributed by atoms with Gasteiger partial charge < -0.3 is 0 Å². The van der Waals surface area contributed by atoms with E-state index < -0.39 is 0 Å². The van der Waals surface area contributed by atoms with E-state index in [1.54, 1.807) is 12.4 Å². The van der Waals surface area contributed by atoms with E-state index in [0.29, 0.717) is 6.42 Å². The number of benzene rings is 1. The maximum Gasteiger partial charge on any atom is 0.163 e. The molecule has 0 spiro atoms. The number of hydrogen-bond acceptors (Lipinski definition) is 2. The lowest BCUT2D eigenvalue weighted by Crippen LogP contribution is -2.02. The van der Waals surface area contributed by atoms with Crippen molar-refractivity contribution in [2.75, 3.05) is 0 Å². The molecular formula is C16H17NO. The SMILES string of the molecule is Cc1ccc(C(=O)CCc2ccncc2)cc1C. The Kier molecular flexibility index (Phi) is 3.88. The minimum atomic E-state index is 0.204. The zero-order valence-corrected chi connectivity index (χ0v) is 10.8. The molecule has 0 fully saturated rings. The Bertz CT molecular complexity index is 546. The van der Waals surface area contributed by atoms with Gasteiger partial charge in [0.25, 0.3) is 0 Å². The fraction of sp³-hybridized carbons (Fsp3) is 0.250. The van der Waals surface area contributed by atoms with Crippen LogP contribution in [0.1, 0.15) is 33.5 Å². The smallest absolute Gasteiger partial charge is 0.163 e. The largest absolute Gasteiger partial charge is 0.294 e. The molecule has 0 bridgehead atoms. The second-order valence-electron chi connectivity index (χ2n) is 4.58. The third kappa shape index (κ3) is 3.04. The molecule has 0 unspecified atom stereocenters. The molecule has 0 aliphatic heterocycles. The summed E-state index contributed by atoms with van der Waals surface area (Å²) in [6, 6.07) is 9.80. The van der Waals surface area contributed by atoms with Crippen LogP contribution in [0.15, 0.2) is 42.7 Å². The van der Waals surface area contributed by atoms with Crippen molar-refractivity contribution in [3.8, 4) is 0 Å². The van der Waals surface area contributed by atoms with Crippen molar-refractivity contribution in [2.45, 2.75) is 26.7 Å². The molecule has 1 heterocycles. The number of aryl methyl sites for hydroxylation is 3. The van der Waals surface area contributed by atoms with E-state index in [0.717, 1.165) is 17.5 Å². The van der Waals surface area contributed by atoms with Gasteiger partial charge in [-0.3, -0.25) is 9.78 Å². The highest BCUT2D eigenvalue weighted by atomic mass is 16.1. The Morgan fingerprint density at radius 1 is 1.06 bits per heavy atom. The number of carbonyl (C=O) groups excluding carboxylic acids is 1. The summed E-state index contributed by atoms with van der Waals surface area (Å²) in [5.74, 6) is 0.204. The second kappa shape index (κ2) is 5.58. The Labute approximate surface area is 108 Å². The van der Waals surface area contributed by atoms with E-state index in [9.17, 15) is 4.79 Å². The van der Waals surface area contributed by atoms with Crippen LogP contribution in [0.2, 0.25) is 0 Å². The summed E-state index contributed by atoms with van der Waals surface area (Å²) in [4.78, 5) is 16.0. The topological polar surface area (TPSA) is 30.0 Å². The molecule has 2 heteroatoms. The molecule has 0 atom stereocenters. The highest BCUT2D eigenvalue weighted by Crippen LogP contribution is 2.13. The van der Waals surface area contributed by atoms with Gasteiger partial charge in [-0.05, 0) is 55.2 Å². The van der Waals surface area contributed by atoms with Crippen LogP contribution in [0.3, 0.4) is 0 Å². The van der Waals surface area contributed by atoms with Crippen molar-refractivity contribution in [1.82, 2.24) is 4.98 Å². The summed E-state index contributed by atoms with van der Waals surface area (Å²) in [6.45, 7) is 4.09. The van der Waals surface area contributed by atoms with Gasteiger partial charge in [0.05, 0.1) is 0 Å². The maximum atomic E-state index is 12.1. The van der Waals surface area contributed by atoms with Crippen LogP contribution in [0, 0.1) is 13.8 Å². The summed E-state index contributed by atoms with van der Waals surface area (Å²) in [7, 11) is 0.